The molecule has 1 aliphatic heterocycles. The number of rotatable bonds is 3. The van der Waals surface area contributed by atoms with E-state index in [2.05, 4.69) is 11.9 Å². The molecule has 0 radical (unpaired) electrons. The lowest BCUT2D eigenvalue weighted by Crippen LogP contribution is -2.32. The summed E-state index contributed by atoms with van der Waals surface area (Å²) >= 11 is 0. The average Bonchev–Trinajstić information content (AvgIpc) is 2.75. The van der Waals surface area contributed by atoms with Crippen LogP contribution in [0.4, 0.5) is 5.69 Å². The molecule has 0 atom stereocenters. The van der Waals surface area contributed by atoms with Crippen molar-refractivity contribution in [2.24, 2.45) is 0 Å². The molecule has 5 heteroatoms. The maximum absolute atomic E-state index is 12.3. The predicted molar refractivity (Wildman–Crippen MR) is 83.2 cm³/mol. The van der Waals surface area contributed by atoms with Crippen LogP contribution in [0.15, 0.2) is 55.1 Å². The number of carbonyl (C=O) groups is 2. The fraction of sp³-hybridized carbons (Fsp3) is 0.0588. The zero-order chi connectivity index (χ0) is 15.7. The minimum absolute atomic E-state index is 0.0225. The fourth-order valence-electron chi connectivity index (χ4n) is 2.41. The van der Waals surface area contributed by atoms with Crippen LogP contribution in [0, 0.1) is 0 Å². The van der Waals surface area contributed by atoms with Crippen LogP contribution in [-0.4, -0.2) is 28.4 Å². The van der Waals surface area contributed by atoms with Gasteiger partial charge < -0.3 is 10.4 Å². The first-order chi connectivity index (χ1) is 10.6. The summed E-state index contributed by atoms with van der Waals surface area (Å²) in [5.74, 6) is -0.664. The van der Waals surface area contributed by atoms with Gasteiger partial charge in [-0.3, -0.25) is 14.5 Å². The molecule has 0 bridgehead atoms. The summed E-state index contributed by atoms with van der Waals surface area (Å²) in [6.07, 6.45) is 0. The highest BCUT2D eigenvalue weighted by atomic mass is 16.3. The summed E-state index contributed by atoms with van der Waals surface area (Å²) in [5.41, 5.74) is 2.10. The molecule has 0 fully saturated rings. The number of phenols is 1. The van der Waals surface area contributed by atoms with Gasteiger partial charge >= 0.3 is 0 Å². The highest BCUT2D eigenvalue weighted by Crippen LogP contribution is 2.31. The van der Waals surface area contributed by atoms with Crippen LogP contribution in [0.1, 0.15) is 15.9 Å². The van der Waals surface area contributed by atoms with Crippen LogP contribution in [0.5, 0.6) is 5.75 Å². The Bertz CT molecular complexity index is 748. The second kappa shape index (κ2) is 5.37. The molecule has 0 unspecified atom stereocenters. The van der Waals surface area contributed by atoms with Crippen molar-refractivity contribution in [1.29, 1.82) is 0 Å². The monoisotopic (exact) mass is 294 g/mol. The second-order valence-corrected chi connectivity index (χ2v) is 4.95. The number of anilines is 1. The molecule has 5 nitrogen and oxygen atoms in total. The molecule has 110 valence electrons. The number of nitrogens with one attached hydrogen (secondary N) is 1. The van der Waals surface area contributed by atoms with E-state index < -0.39 is 5.91 Å². The molecule has 2 N–H and O–H groups in total. The molecule has 0 saturated heterocycles. The number of amides is 2. The molecular weight excluding hydrogens is 280 g/mol. The van der Waals surface area contributed by atoms with E-state index in [0.29, 0.717) is 16.9 Å². The molecule has 0 saturated carbocycles. The Morgan fingerprint density at radius 3 is 2.41 bits per heavy atom. The Kier molecular flexibility index (Phi) is 3.39. The van der Waals surface area contributed by atoms with Crippen LogP contribution in [0.3, 0.4) is 0 Å². The van der Waals surface area contributed by atoms with E-state index in [9.17, 15) is 14.7 Å². The lowest BCUT2D eigenvalue weighted by molar-refractivity contribution is -0.116. The highest BCUT2D eigenvalue weighted by Gasteiger charge is 2.31. The summed E-state index contributed by atoms with van der Waals surface area (Å²) < 4.78 is 0. The largest absolute Gasteiger partial charge is 0.506 e. The Morgan fingerprint density at radius 1 is 1.09 bits per heavy atom. The summed E-state index contributed by atoms with van der Waals surface area (Å²) in [7, 11) is 0. The maximum atomic E-state index is 12.3. The van der Waals surface area contributed by atoms with Crippen LogP contribution < -0.4 is 5.32 Å². The van der Waals surface area contributed by atoms with Crippen LogP contribution >= 0.6 is 0 Å². The van der Waals surface area contributed by atoms with Crippen molar-refractivity contribution < 1.29 is 14.7 Å². The third-order valence-corrected chi connectivity index (χ3v) is 3.52. The normalized spacial score (nSPS) is 13.2. The van der Waals surface area contributed by atoms with Gasteiger partial charge in [-0.1, -0.05) is 36.9 Å². The molecule has 1 heterocycles. The van der Waals surface area contributed by atoms with Gasteiger partial charge in [0, 0.05) is 16.8 Å². The predicted octanol–water partition coefficient (Wildman–Crippen LogP) is 2.46. The molecule has 0 aliphatic carbocycles. The first-order valence-electron chi connectivity index (χ1n) is 6.76. The zero-order valence-corrected chi connectivity index (χ0v) is 11.7. The Labute approximate surface area is 127 Å². The minimum Gasteiger partial charge on any atom is -0.506 e. The van der Waals surface area contributed by atoms with Crippen molar-refractivity contribution in [3.05, 3.63) is 66.2 Å². The quantitative estimate of drug-likeness (QED) is 0.854. The Balaban J connectivity index is 1.75. The molecule has 0 aromatic heterocycles. The number of aromatic hydroxyl groups is 1. The van der Waals surface area contributed by atoms with E-state index in [1.807, 2.05) is 6.07 Å². The van der Waals surface area contributed by atoms with E-state index in [-0.39, 0.29) is 18.2 Å². The lowest BCUT2D eigenvalue weighted by atomic mass is 10.1. The van der Waals surface area contributed by atoms with Gasteiger partial charge in [-0.15, -0.1) is 0 Å². The van der Waals surface area contributed by atoms with Crippen molar-refractivity contribution >= 4 is 23.2 Å². The van der Waals surface area contributed by atoms with Gasteiger partial charge in [0.25, 0.3) is 5.91 Å². The summed E-state index contributed by atoms with van der Waals surface area (Å²) in [5, 5.41) is 12.2. The number of fused-ring (bicyclic) bond motifs is 1. The van der Waals surface area contributed by atoms with Gasteiger partial charge in [-0.25, -0.2) is 0 Å². The molecule has 2 aromatic rings. The third kappa shape index (κ3) is 2.33. The van der Waals surface area contributed by atoms with Gasteiger partial charge in [0.1, 0.15) is 12.3 Å². The zero-order valence-electron chi connectivity index (χ0n) is 11.7. The standard InChI is InChI=1S/C17H14N2O3/c1-11-12-6-2-3-7-13(12)17(22)19(11)10-16(21)18-14-8-4-5-9-15(14)20/h2-9,20H,1,10H2,(H,18,21). The number of benzene rings is 2. The van der Waals surface area contributed by atoms with E-state index in [1.165, 1.54) is 11.0 Å². The number of phenolic OH excluding ortho intramolecular Hbond substituents is 1. The summed E-state index contributed by atoms with van der Waals surface area (Å²) in [6.45, 7) is 3.73. The van der Waals surface area contributed by atoms with Crippen molar-refractivity contribution in [3.63, 3.8) is 0 Å². The number of para-hydroxylation sites is 2. The molecule has 2 amide bonds. The average molecular weight is 294 g/mol. The molecular formula is C17H14N2O3. The van der Waals surface area contributed by atoms with E-state index in [0.717, 1.165) is 5.56 Å². The smallest absolute Gasteiger partial charge is 0.259 e. The molecule has 2 aromatic carbocycles. The van der Waals surface area contributed by atoms with Crippen LogP contribution in [0.25, 0.3) is 5.70 Å². The Hall–Kier alpha value is -3.08. The van der Waals surface area contributed by atoms with Crippen LogP contribution in [-0.2, 0) is 4.79 Å². The molecule has 1 aliphatic rings. The summed E-state index contributed by atoms with van der Waals surface area (Å²) in [4.78, 5) is 25.7. The van der Waals surface area contributed by atoms with Gasteiger partial charge in [-0.2, -0.15) is 0 Å². The van der Waals surface area contributed by atoms with Gasteiger partial charge in [0.2, 0.25) is 5.91 Å². The van der Waals surface area contributed by atoms with E-state index >= 15 is 0 Å². The van der Waals surface area contributed by atoms with Crippen molar-refractivity contribution in [2.75, 3.05) is 11.9 Å². The first-order valence-corrected chi connectivity index (χ1v) is 6.76. The van der Waals surface area contributed by atoms with Gasteiger partial charge in [0.05, 0.1) is 5.69 Å². The molecule has 22 heavy (non-hydrogen) atoms. The topological polar surface area (TPSA) is 69.6 Å². The minimum atomic E-state index is -0.399. The SMILES string of the molecule is C=C1c2ccccc2C(=O)N1CC(=O)Nc1ccccc1O. The number of hydrogen-bond donors (Lipinski definition) is 2. The maximum Gasteiger partial charge on any atom is 0.259 e. The van der Waals surface area contributed by atoms with Crippen molar-refractivity contribution in [3.8, 4) is 5.75 Å². The van der Waals surface area contributed by atoms with Gasteiger partial charge in [0.15, 0.2) is 0 Å². The fourth-order valence-corrected chi connectivity index (χ4v) is 2.41. The van der Waals surface area contributed by atoms with Crippen molar-refractivity contribution in [2.45, 2.75) is 0 Å². The molecule has 3 rings (SSSR count). The van der Waals surface area contributed by atoms with E-state index in [4.69, 9.17) is 0 Å². The number of hydrogen-bond acceptors (Lipinski definition) is 3. The highest BCUT2D eigenvalue weighted by molar-refractivity contribution is 6.11. The lowest BCUT2D eigenvalue weighted by Gasteiger charge is -2.17. The van der Waals surface area contributed by atoms with E-state index in [1.54, 1.807) is 36.4 Å². The number of carbonyl (C=O) groups excluding carboxylic acids is 2. The Morgan fingerprint density at radius 2 is 1.73 bits per heavy atom. The molecule has 0 spiro atoms. The van der Waals surface area contributed by atoms with Gasteiger partial charge in [-0.05, 0) is 18.2 Å². The summed E-state index contributed by atoms with van der Waals surface area (Å²) in [6, 6.07) is 13.5. The van der Waals surface area contributed by atoms with Crippen molar-refractivity contribution in [1.82, 2.24) is 4.90 Å². The number of nitrogens with zero attached hydrogens (tertiary/aromatic N) is 1. The second-order valence-electron chi connectivity index (χ2n) is 4.95. The first kappa shape index (κ1) is 13.9. The van der Waals surface area contributed by atoms with Crippen LogP contribution in [0.2, 0.25) is 0 Å². The third-order valence-electron chi connectivity index (χ3n) is 3.52.